The summed E-state index contributed by atoms with van der Waals surface area (Å²) in [5.74, 6) is -0.0434. The van der Waals surface area contributed by atoms with E-state index in [4.69, 9.17) is 0 Å². The number of carbonyl (C=O) groups is 1. The highest BCUT2D eigenvalue weighted by Crippen LogP contribution is 2.15. The van der Waals surface area contributed by atoms with E-state index in [0.29, 0.717) is 19.5 Å². The van der Waals surface area contributed by atoms with E-state index in [1.54, 1.807) is 0 Å². The van der Waals surface area contributed by atoms with Gasteiger partial charge in [-0.05, 0) is 39.4 Å². The molecule has 0 bridgehead atoms. The Labute approximate surface area is 111 Å². The van der Waals surface area contributed by atoms with Crippen LogP contribution in [0.15, 0.2) is 0 Å². The fourth-order valence-corrected chi connectivity index (χ4v) is 2.14. The van der Waals surface area contributed by atoms with Crippen molar-refractivity contribution in [2.75, 3.05) is 33.2 Å². The highest BCUT2D eigenvalue weighted by Gasteiger charge is 2.28. The van der Waals surface area contributed by atoms with Gasteiger partial charge in [-0.25, -0.2) is 0 Å². The van der Waals surface area contributed by atoms with E-state index in [1.165, 1.54) is 11.9 Å². The maximum Gasteiger partial charge on any atom is 0.401 e. The van der Waals surface area contributed by atoms with E-state index >= 15 is 0 Å². The first-order chi connectivity index (χ1) is 8.88. The minimum atomic E-state index is -4.16. The van der Waals surface area contributed by atoms with Crippen LogP contribution in [0.1, 0.15) is 25.7 Å². The van der Waals surface area contributed by atoms with Crippen LogP contribution in [-0.4, -0.2) is 56.3 Å². The first-order valence-electron chi connectivity index (χ1n) is 6.65. The molecule has 19 heavy (non-hydrogen) atoms. The van der Waals surface area contributed by atoms with Crippen molar-refractivity contribution >= 4 is 5.91 Å². The van der Waals surface area contributed by atoms with Crippen molar-refractivity contribution in [2.45, 2.75) is 37.9 Å². The van der Waals surface area contributed by atoms with Gasteiger partial charge in [-0.15, -0.1) is 0 Å². The maximum absolute atomic E-state index is 12.1. The zero-order valence-electron chi connectivity index (χ0n) is 11.2. The van der Waals surface area contributed by atoms with Crippen LogP contribution in [0.4, 0.5) is 13.2 Å². The summed E-state index contributed by atoms with van der Waals surface area (Å²) in [4.78, 5) is 12.9. The standard InChI is InChI=1S/C12H22F3N3O/c1-18(9-12(13,14)15)8-4-7-17-11(19)10-5-2-3-6-16-10/h10,16H,2-9H2,1H3,(H,17,19). The Balaban J connectivity index is 2.08. The predicted octanol–water partition coefficient (Wildman–Crippen LogP) is 1.13. The molecule has 0 spiro atoms. The number of amides is 1. The van der Waals surface area contributed by atoms with Gasteiger partial charge in [0.2, 0.25) is 5.91 Å². The molecule has 0 aliphatic carbocycles. The minimum absolute atomic E-state index is 0.0434. The molecule has 4 nitrogen and oxygen atoms in total. The third kappa shape index (κ3) is 7.37. The largest absolute Gasteiger partial charge is 0.401 e. The summed E-state index contributed by atoms with van der Waals surface area (Å²) in [6.07, 6.45) is -0.680. The molecule has 7 heteroatoms. The molecule has 1 heterocycles. The van der Waals surface area contributed by atoms with Gasteiger partial charge in [0.05, 0.1) is 12.6 Å². The van der Waals surface area contributed by atoms with Crippen molar-refractivity contribution in [1.29, 1.82) is 0 Å². The molecule has 1 aliphatic rings. The van der Waals surface area contributed by atoms with E-state index < -0.39 is 12.7 Å². The second-order valence-electron chi connectivity index (χ2n) is 5.00. The number of nitrogens with one attached hydrogen (secondary N) is 2. The highest BCUT2D eigenvalue weighted by atomic mass is 19.4. The van der Waals surface area contributed by atoms with Crippen molar-refractivity contribution in [1.82, 2.24) is 15.5 Å². The second kappa shape index (κ2) is 7.69. The van der Waals surface area contributed by atoms with Gasteiger partial charge in [0, 0.05) is 6.54 Å². The molecule has 1 saturated heterocycles. The Morgan fingerprint density at radius 3 is 2.74 bits per heavy atom. The van der Waals surface area contributed by atoms with Gasteiger partial charge < -0.3 is 10.6 Å². The lowest BCUT2D eigenvalue weighted by Gasteiger charge is -2.23. The molecule has 0 aromatic heterocycles. The molecule has 1 aliphatic heterocycles. The van der Waals surface area contributed by atoms with Gasteiger partial charge in [0.1, 0.15) is 0 Å². The molecule has 1 rings (SSSR count). The Hall–Kier alpha value is -0.820. The van der Waals surface area contributed by atoms with E-state index in [1.807, 2.05) is 0 Å². The molecular weight excluding hydrogens is 259 g/mol. The molecule has 1 amide bonds. The quantitative estimate of drug-likeness (QED) is 0.717. The Bertz CT molecular complexity index is 278. The van der Waals surface area contributed by atoms with Gasteiger partial charge in [-0.3, -0.25) is 9.69 Å². The summed E-state index contributed by atoms with van der Waals surface area (Å²) >= 11 is 0. The first-order valence-corrected chi connectivity index (χ1v) is 6.65. The Morgan fingerprint density at radius 2 is 2.16 bits per heavy atom. The van der Waals surface area contributed by atoms with Crippen LogP contribution in [0.5, 0.6) is 0 Å². The third-order valence-electron chi connectivity index (χ3n) is 3.09. The van der Waals surface area contributed by atoms with Crippen LogP contribution in [0.3, 0.4) is 0 Å². The van der Waals surface area contributed by atoms with Gasteiger partial charge in [-0.2, -0.15) is 13.2 Å². The summed E-state index contributed by atoms with van der Waals surface area (Å²) in [5.41, 5.74) is 0. The molecule has 0 saturated carbocycles. The van der Waals surface area contributed by atoms with Gasteiger partial charge in [0.25, 0.3) is 0 Å². The lowest BCUT2D eigenvalue weighted by atomic mass is 10.0. The number of hydrogen-bond donors (Lipinski definition) is 2. The third-order valence-corrected chi connectivity index (χ3v) is 3.09. The first kappa shape index (κ1) is 16.2. The summed E-state index contributed by atoms with van der Waals surface area (Å²) in [7, 11) is 1.43. The van der Waals surface area contributed by atoms with Gasteiger partial charge >= 0.3 is 6.18 Å². The molecular formula is C12H22F3N3O. The average Bonchev–Trinajstić information content (AvgIpc) is 2.33. The van der Waals surface area contributed by atoms with E-state index in [0.717, 1.165) is 25.8 Å². The van der Waals surface area contributed by atoms with Crippen LogP contribution in [0.25, 0.3) is 0 Å². The van der Waals surface area contributed by atoms with E-state index in [2.05, 4.69) is 10.6 Å². The van der Waals surface area contributed by atoms with Crippen LogP contribution in [0.2, 0.25) is 0 Å². The predicted molar refractivity (Wildman–Crippen MR) is 66.8 cm³/mol. The van der Waals surface area contributed by atoms with Crippen LogP contribution >= 0.6 is 0 Å². The number of carbonyl (C=O) groups excluding carboxylic acids is 1. The monoisotopic (exact) mass is 281 g/mol. The van der Waals surface area contributed by atoms with Crippen molar-refractivity contribution in [3.8, 4) is 0 Å². The molecule has 1 unspecified atom stereocenters. The smallest absolute Gasteiger partial charge is 0.355 e. The molecule has 2 N–H and O–H groups in total. The number of nitrogens with zero attached hydrogens (tertiary/aromatic N) is 1. The summed E-state index contributed by atoms with van der Waals surface area (Å²) in [5, 5.41) is 5.89. The maximum atomic E-state index is 12.1. The fourth-order valence-electron chi connectivity index (χ4n) is 2.14. The number of alkyl halides is 3. The van der Waals surface area contributed by atoms with Crippen molar-refractivity contribution in [3.63, 3.8) is 0 Å². The van der Waals surface area contributed by atoms with E-state index in [9.17, 15) is 18.0 Å². The molecule has 0 radical (unpaired) electrons. The van der Waals surface area contributed by atoms with Crippen molar-refractivity contribution in [2.24, 2.45) is 0 Å². The lowest BCUT2D eigenvalue weighted by Crippen LogP contribution is -2.47. The normalized spacial score (nSPS) is 20.6. The number of halogens is 3. The zero-order chi connectivity index (χ0) is 14.3. The van der Waals surface area contributed by atoms with Gasteiger partial charge in [0.15, 0.2) is 0 Å². The number of piperidine rings is 1. The van der Waals surface area contributed by atoms with Crippen LogP contribution < -0.4 is 10.6 Å². The summed E-state index contributed by atoms with van der Waals surface area (Å²) in [6, 6.07) is -0.137. The fraction of sp³-hybridized carbons (Fsp3) is 0.917. The molecule has 1 fully saturated rings. The molecule has 0 aromatic carbocycles. The Kier molecular flexibility index (Phi) is 6.57. The topological polar surface area (TPSA) is 44.4 Å². The Morgan fingerprint density at radius 1 is 1.42 bits per heavy atom. The number of rotatable bonds is 6. The number of hydrogen-bond acceptors (Lipinski definition) is 3. The SMILES string of the molecule is CN(CCCNC(=O)C1CCCCN1)CC(F)(F)F. The van der Waals surface area contributed by atoms with Crippen molar-refractivity contribution in [3.05, 3.63) is 0 Å². The summed E-state index contributed by atoms with van der Waals surface area (Å²) < 4.78 is 36.2. The summed E-state index contributed by atoms with van der Waals surface area (Å²) in [6.45, 7) is 0.675. The van der Waals surface area contributed by atoms with E-state index in [-0.39, 0.29) is 11.9 Å². The highest BCUT2D eigenvalue weighted by molar-refractivity contribution is 5.81. The van der Waals surface area contributed by atoms with Crippen LogP contribution in [-0.2, 0) is 4.79 Å². The lowest BCUT2D eigenvalue weighted by molar-refractivity contribution is -0.143. The minimum Gasteiger partial charge on any atom is -0.355 e. The molecule has 0 aromatic rings. The molecule has 1 atom stereocenters. The second-order valence-corrected chi connectivity index (χ2v) is 5.00. The average molecular weight is 281 g/mol. The molecule has 112 valence electrons. The van der Waals surface area contributed by atoms with Crippen LogP contribution in [0, 0.1) is 0 Å². The van der Waals surface area contributed by atoms with Crippen molar-refractivity contribution < 1.29 is 18.0 Å². The zero-order valence-corrected chi connectivity index (χ0v) is 11.2. The van der Waals surface area contributed by atoms with Gasteiger partial charge in [-0.1, -0.05) is 6.42 Å².